The molecule has 0 fully saturated rings. The Hall–Kier alpha value is -0.900. The van der Waals surface area contributed by atoms with Gasteiger partial charge in [-0.25, -0.2) is 4.57 Å². The number of halogens is 1. The lowest BCUT2D eigenvalue weighted by Gasteiger charge is -2.00. The quantitative estimate of drug-likeness (QED) is 0.545. The fraction of sp³-hybridized carbons (Fsp3) is 0.267. The van der Waals surface area contributed by atoms with Crippen molar-refractivity contribution in [2.45, 2.75) is 26.3 Å². The number of rotatable bonds is 4. The summed E-state index contributed by atoms with van der Waals surface area (Å²) in [7, 11) is 0. The minimum atomic E-state index is 0. The molecule has 0 saturated carbocycles. The first kappa shape index (κ1) is 14.2. The number of nitrogens with zero attached hydrogens (tertiary/aromatic N) is 1. The molecule has 0 aliphatic carbocycles. The van der Waals surface area contributed by atoms with Gasteiger partial charge >= 0.3 is 0 Å². The van der Waals surface area contributed by atoms with E-state index in [-0.39, 0.29) is 24.0 Å². The van der Waals surface area contributed by atoms with Crippen LogP contribution in [0.15, 0.2) is 54.9 Å². The molecule has 2 rings (SSSR count). The van der Waals surface area contributed by atoms with Crippen molar-refractivity contribution in [2.24, 2.45) is 0 Å². The average molecular weight is 339 g/mol. The van der Waals surface area contributed by atoms with Gasteiger partial charge in [-0.1, -0.05) is 37.3 Å². The SMILES string of the molecule is CCC[n+]1ccc(Cc2ccccc2)cc1.[I-]. The third kappa shape index (κ3) is 4.46. The Morgan fingerprint density at radius 1 is 0.882 bits per heavy atom. The van der Waals surface area contributed by atoms with E-state index in [4.69, 9.17) is 0 Å². The first-order chi connectivity index (χ1) is 7.88. The molecule has 0 aliphatic heterocycles. The molecule has 2 aromatic rings. The summed E-state index contributed by atoms with van der Waals surface area (Å²) in [6.07, 6.45) is 6.54. The Kier molecular flexibility index (Phi) is 6.19. The first-order valence-corrected chi connectivity index (χ1v) is 5.90. The van der Waals surface area contributed by atoms with Gasteiger partial charge in [-0.05, 0) is 17.5 Å². The smallest absolute Gasteiger partial charge is 0.169 e. The fourth-order valence-corrected chi connectivity index (χ4v) is 1.84. The molecule has 1 aromatic carbocycles. The minimum Gasteiger partial charge on any atom is -1.00 e. The van der Waals surface area contributed by atoms with Crippen LogP contribution in [0.25, 0.3) is 0 Å². The molecule has 0 aliphatic rings. The number of hydrogen-bond acceptors (Lipinski definition) is 0. The van der Waals surface area contributed by atoms with Crippen molar-refractivity contribution in [1.82, 2.24) is 0 Å². The highest BCUT2D eigenvalue weighted by Crippen LogP contribution is 2.07. The lowest BCUT2D eigenvalue weighted by Crippen LogP contribution is -3.00. The van der Waals surface area contributed by atoms with E-state index in [0.717, 1.165) is 13.0 Å². The van der Waals surface area contributed by atoms with Crippen molar-refractivity contribution in [3.05, 3.63) is 66.0 Å². The van der Waals surface area contributed by atoms with Crippen LogP contribution in [0.3, 0.4) is 0 Å². The van der Waals surface area contributed by atoms with Crippen LogP contribution in [0.1, 0.15) is 24.5 Å². The average Bonchev–Trinajstić information content (AvgIpc) is 2.33. The molecule has 0 unspecified atom stereocenters. The van der Waals surface area contributed by atoms with Gasteiger partial charge in [0.1, 0.15) is 6.54 Å². The van der Waals surface area contributed by atoms with Crippen molar-refractivity contribution < 1.29 is 28.5 Å². The monoisotopic (exact) mass is 339 g/mol. The second kappa shape index (κ2) is 7.43. The van der Waals surface area contributed by atoms with Crippen LogP contribution >= 0.6 is 0 Å². The number of benzene rings is 1. The summed E-state index contributed by atoms with van der Waals surface area (Å²) >= 11 is 0. The van der Waals surface area contributed by atoms with Crippen LogP contribution in [0, 0.1) is 0 Å². The van der Waals surface area contributed by atoms with Gasteiger partial charge in [0.25, 0.3) is 0 Å². The Balaban J connectivity index is 0.00000144. The van der Waals surface area contributed by atoms with Gasteiger partial charge in [0.15, 0.2) is 12.4 Å². The Bertz CT molecular complexity index is 422. The summed E-state index contributed by atoms with van der Waals surface area (Å²) in [5.41, 5.74) is 2.74. The van der Waals surface area contributed by atoms with Crippen LogP contribution in [-0.4, -0.2) is 0 Å². The van der Waals surface area contributed by atoms with Crippen LogP contribution in [0.2, 0.25) is 0 Å². The van der Waals surface area contributed by atoms with Crippen molar-refractivity contribution in [3.63, 3.8) is 0 Å². The molecule has 17 heavy (non-hydrogen) atoms. The lowest BCUT2D eigenvalue weighted by molar-refractivity contribution is -0.697. The normalized spacial score (nSPS) is 9.71. The second-order valence-electron chi connectivity index (χ2n) is 4.11. The molecular weight excluding hydrogens is 321 g/mol. The molecule has 0 bridgehead atoms. The second-order valence-corrected chi connectivity index (χ2v) is 4.11. The third-order valence-electron chi connectivity index (χ3n) is 2.69. The predicted molar refractivity (Wildman–Crippen MR) is 66.2 cm³/mol. The Labute approximate surface area is 121 Å². The summed E-state index contributed by atoms with van der Waals surface area (Å²) in [6, 6.07) is 15.0. The van der Waals surface area contributed by atoms with Crippen LogP contribution < -0.4 is 28.5 Å². The van der Waals surface area contributed by atoms with Gasteiger partial charge in [-0.15, -0.1) is 0 Å². The zero-order valence-corrected chi connectivity index (χ0v) is 12.3. The summed E-state index contributed by atoms with van der Waals surface area (Å²) in [5, 5.41) is 0. The molecule has 0 radical (unpaired) electrons. The molecule has 0 N–H and O–H groups in total. The summed E-state index contributed by atoms with van der Waals surface area (Å²) in [5.74, 6) is 0. The van der Waals surface area contributed by atoms with E-state index in [2.05, 4.69) is 66.3 Å². The van der Waals surface area contributed by atoms with Crippen molar-refractivity contribution in [1.29, 1.82) is 0 Å². The summed E-state index contributed by atoms with van der Waals surface area (Å²) in [4.78, 5) is 0. The molecule has 0 amide bonds. The number of aromatic nitrogens is 1. The molecular formula is C15H18IN. The number of aryl methyl sites for hydroxylation is 1. The van der Waals surface area contributed by atoms with Crippen molar-refractivity contribution in [2.75, 3.05) is 0 Å². The Morgan fingerprint density at radius 3 is 2.06 bits per heavy atom. The van der Waals surface area contributed by atoms with E-state index in [9.17, 15) is 0 Å². The maximum absolute atomic E-state index is 2.23. The molecule has 0 atom stereocenters. The van der Waals surface area contributed by atoms with Gasteiger partial charge < -0.3 is 24.0 Å². The molecule has 0 saturated heterocycles. The zero-order valence-electron chi connectivity index (χ0n) is 10.1. The first-order valence-electron chi connectivity index (χ1n) is 5.90. The minimum absolute atomic E-state index is 0. The highest BCUT2D eigenvalue weighted by molar-refractivity contribution is 5.23. The van der Waals surface area contributed by atoms with E-state index in [0.29, 0.717) is 0 Å². The van der Waals surface area contributed by atoms with E-state index in [1.165, 1.54) is 17.5 Å². The predicted octanol–water partition coefficient (Wildman–Crippen LogP) is -0.0211. The van der Waals surface area contributed by atoms with Gasteiger partial charge in [0.05, 0.1) is 0 Å². The van der Waals surface area contributed by atoms with Crippen LogP contribution in [-0.2, 0) is 13.0 Å². The van der Waals surface area contributed by atoms with Gasteiger partial charge in [-0.3, -0.25) is 0 Å². The van der Waals surface area contributed by atoms with Crippen molar-refractivity contribution >= 4 is 0 Å². The summed E-state index contributed by atoms with van der Waals surface area (Å²) < 4.78 is 2.23. The standard InChI is InChI=1S/C15H18N.HI/c1-2-10-16-11-8-15(9-12-16)13-14-6-4-3-5-7-14;/h3-9,11-12H,2,10,13H2,1H3;1H/q+1;/p-1. The molecule has 90 valence electrons. The van der Waals surface area contributed by atoms with Gasteiger partial charge in [-0.2, -0.15) is 0 Å². The third-order valence-corrected chi connectivity index (χ3v) is 2.69. The highest BCUT2D eigenvalue weighted by Gasteiger charge is 2.00. The lowest BCUT2D eigenvalue weighted by atomic mass is 10.1. The maximum Gasteiger partial charge on any atom is 0.169 e. The molecule has 1 aromatic heterocycles. The molecule has 1 nitrogen and oxygen atoms in total. The number of hydrogen-bond donors (Lipinski definition) is 0. The largest absolute Gasteiger partial charge is 1.00 e. The Morgan fingerprint density at radius 2 is 1.47 bits per heavy atom. The van der Waals surface area contributed by atoms with E-state index < -0.39 is 0 Å². The van der Waals surface area contributed by atoms with Crippen LogP contribution in [0.5, 0.6) is 0 Å². The maximum atomic E-state index is 2.23. The van der Waals surface area contributed by atoms with Crippen molar-refractivity contribution in [3.8, 4) is 0 Å². The topological polar surface area (TPSA) is 3.88 Å². The fourth-order valence-electron chi connectivity index (χ4n) is 1.84. The summed E-state index contributed by atoms with van der Waals surface area (Å²) in [6.45, 7) is 3.30. The molecule has 1 heterocycles. The molecule has 2 heteroatoms. The van der Waals surface area contributed by atoms with Crippen LogP contribution in [0.4, 0.5) is 0 Å². The number of pyridine rings is 1. The zero-order chi connectivity index (χ0) is 11.2. The highest BCUT2D eigenvalue weighted by atomic mass is 127. The van der Waals surface area contributed by atoms with Gasteiger partial charge in [0, 0.05) is 18.6 Å². The van der Waals surface area contributed by atoms with E-state index in [1.807, 2.05) is 0 Å². The van der Waals surface area contributed by atoms with E-state index >= 15 is 0 Å². The van der Waals surface area contributed by atoms with Gasteiger partial charge in [0.2, 0.25) is 0 Å². The van der Waals surface area contributed by atoms with E-state index in [1.54, 1.807) is 0 Å². The molecule has 0 spiro atoms.